The maximum absolute atomic E-state index is 12.8. The van der Waals surface area contributed by atoms with E-state index in [2.05, 4.69) is 81.5 Å². The molecule has 0 aromatic rings. The SMILES string of the molecule is CC/C=C\C/C=C\C/C=C\C/C=C\CCCCC(=O)OC[C@H](COC(=O)CCCCCCC/C=C\CCCCCCCCC)OC(=O)CCCCCCCCCCCCCCCCCC. The van der Waals surface area contributed by atoms with Crippen molar-refractivity contribution in [2.75, 3.05) is 13.2 Å². The van der Waals surface area contributed by atoms with Crippen LogP contribution in [0.4, 0.5) is 0 Å². The Morgan fingerprint density at radius 3 is 0.985 bits per heavy atom. The first-order valence-electron chi connectivity index (χ1n) is 27.8. The molecular formula is C59H104O6. The zero-order chi connectivity index (χ0) is 47.2. The molecule has 376 valence electrons. The first kappa shape index (κ1) is 62.1. The molecule has 0 aromatic carbocycles. The fourth-order valence-corrected chi connectivity index (χ4v) is 7.84. The molecule has 1 atom stereocenters. The van der Waals surface area contributed by atoms with Gasteiger partial charge in [0.25, 0.3) is 0 Å². The van der Waals surface area contributed by atoms with Gasteiger partial charge in [-0.3, -0.25) is 14.4 Å². The predicted octanol–water partition coefficient (Wildman–Crippen LogP) is 18.4. The van der Waals surface area contributed by atoms with Crippen molar-refractivity contribution in [3.05, 3.63) is 60.8 Å². The fraction of sp³-hybridized carbons (Fsp3) is 0.780. The van der Waals surface area contributed by atoms with Gasteiger partial charge in [0.15, 0.2) is 6.10 Å². The van der Waals surface area contributed by atoms with Gasteiger partial charge in [0, 0.05) is 19.3 Å². The van der Waals surface area contributed by atoms with E-state index in [0.29, 0.717) is 19.3 Å². The fourth-order valence-electron chi connectivity index (χ4n) is 7.84. The number of unbranched alkanes of at least 4 members (excludes halogenated alkanes) is 29. The lowest BCUT2D eigenvalue weighted by Gasteiger charge is -2.18. The van der Waals surface area contributed by atoms with Crippen LogP contribution in [-0.4, -0.2) is 37.2 Å². The van der Waals surface area contributed by atoms with Crippen LogP contribution in [0.25, 0.3) is 0 Å². The minimum absolute atomic E-state index is 0.0894. The Labute approximate surface area is 402 Å². The molecule has 0 unspecified atom stereocenters. The molecule has 0 fully saturated rings. The number of ether oxygens (including phenoxy) is 3. The van der Waals surface area contributed by atoms with Gasteiger partial charge in [0.2, 0.25) is 0 Å². The zero-order valence-corrected chi connectivity index (χ0v) is 43.0. The van der Waals surface area contributed by atoms with Crippen molar-refractivity contribution in [1.82, 2.24) is 0 Å². The van der Waals surface area contributed by atoms with E-state index in [-0.39, 0.29) is 31.1 Å². The van der Waals surface area contributed by atoms with Crippen molar-refractivity contribution in [3.63, 3.8) is 0 Å². The first-order chi connectivity index (χ1) is 32.0. The van der Waals surface area contributed by atoms with Crippen LogP contribution in [0.2, 0.25) is 0 Å². The molecule has 0 saturated heterocycles. The second-order valence-electron chi connectivity index (χ2n) is 18.5. The number of esters is 3. The molecule has 65 heavy (non-hydrogen) atoms. The van der Waals surface area contributed by atoms with Crippen molar-refractivity contribution in [1.29, 1.82) is 0 Å². The Hall–Kier alpha value is -2.89. The van der Waals surface area contributed by atoms with Gasteiger partial charge in [0.1, 0.15) is 13.2 Å². The molecule has 0 N–H and O–H groups in total. The van der Waals surface area contributed by atoms with Crippen molar-refractivity contribution in [2.45, 2.75) is 284 Å². The highest BCUT2D eigenvalue weighted by Crippen LogP contribution is 2.16. The predicted molar refractivity (Wildman–Crippen MR) is 279 cm³/mol. The van der Waals surface area contributed by atoms with Crippen molar-refractivity contribution < 1.29 is 28.6 Å². The van der Waals surface area contributed by atoms with Gasteiger partial charge < -0.3 is 14.2 Å². The van der Waals surface area contributed by atoms with E-state index in [1.165, 1.54) is 148 Å². The van der Waals surface area contributed by atoms with Crippen LogP contribution in [0.3, 0.4) is 0 Å². The molecule has 0 heterocycles. The molecule has 6 heteroatoms. The highest BCUT2D eigenvalue weighted by Gasteiger charge is 2.19. The summed E-state index contributed by atoms with van der Waals surface area (Å²) in [6.45, 7) is 6.50. The summed E-state index contributed by atoms with van der Waals surface area (Å²) >= 11 is 0. The lowest BCUT2D eigenvalue weighted by molar-refractivity contribution is -0.167. The number of allylic oxidation sites excluding steroid dienone is 10. The van der Waals surface area contributed by atoms with Crippen LogP contribution in [-0.2, 0) is 28.6 Å². The van der Waals surface area contributed by atoms with Crippen LogP contribution >= 0.6 is 0 Å². The smallest absolute Gasteiger partial charge is 0.306 e. The number of hydrogen-bond donors (Lipinski definition) is 0. The molecule has 0 saturated carbocycles. The van der Waals surface area contributed by atoms with Crippen LogP contribution in [0, 0.1) is 0 Å². The van der Waals surface area contributed by atoms with Crippen LogP contribution in [0.5, 0.6) is 0 Å². The minimum Gasteiger partial charge on any atom is -0.462 e. The molecule has 0 bridgehead atoms. The Morgan fingerprint density at radius 2 is 0.600 bits per heavy atom. The monoisotopic (exact) mass is 909 g/mol. The van der Waals surface area contributed by atoms with Gasteiger partial charge in [-0.25, -0.2) is 0 Å². The van der Waals surface area contributed by atoms with Gasteiger partial charge in [0.05, 0.1) is 0 Å². The van der Waals surface area contributed by atoms with Gasteiger partial charge in [-0.1, -0.05) is 236 Å². The summed E-state index contributed by atoms with van der Waals surface area (Å²) in [5, 5.41) is 0. The molecule has 6 nitrogen and oxygen atoms in total. The number of carbonyl (C=O) groups is 3. The largest absolute Gasteiger partial charge is 0.462 e. The number of carbonyl (C=O) groups excluding carboxylic acids is 3. The van der Waals surface area contributed by atoms with E-state index in [9.17, 15) is 14.4 Å². The van der Waals surface area contributed by atoms with E-state index in [1.807, 2.05) is 0 Å². The summed E-state index contributed by atoms with van der Waals surface area (Å²) < 4.78 is 16.8. The van der Waals surface area contributed by atoms with Gasteiger partial charge in [-0.05, 0) is 83.5 Å². The lowest BCUT2D eigenvalue weighted by atomic mass is 10.0. The summed E-state index contributed by atoms with van der Waals surface area (Å²) in [6.07, 6.45) is 66.4. The normalized spacial score (nSPS) is 12.5. The molecule has 0 amide bonds. The second-order valence-corrected chi connectivity index (χ2v) is 18.5. The second kappa shape index (κ2) is 53.7. The van der Waals surface area contributed by atoms with Gasteiger partial charge in [-0.2, -0.15) is 0 Å². The minimum atomic E-state index is -0.792. The van der Waals surface area contributed by atoms with Crippen LogP contribution in [0.1, 0.15) is 278 Å². The van der Waals surface area contributed by atoms with Crippen LogP contribution < -0.4 is 0 Å². The van der Waals surface area contributed by atoms with Gasteiger partial charge >= 0.3 is 17.9 Å². The molecule has 0 aromatic heterocycles. The Bertz CT molecular complexity index is 1180. The zero-order valence-electron chi connectivity index (χ0n) is 43.0. The van der Waals surface area contributed by atoms with Crippen molar-refractivity contribution in [3.8, 4) is 0 Å². The maximum atomic E-state index is 12.8. The maximum Gasteiger partial charge on any atom is 0.306 e. The average molecular weight is 909 g/mol. The first-order valence-corrected chi connectivity index (χ1v) is 27.8. The van der Waals surface area contributed by atoms with Crippen molar-refractivity contribution >= 4 is 17.9 Å². The summed E-state index contributed by atoms with van der Waals surface area (Å²) in [6, 6.07) is 0. The summed E-state index contributed by atoms with van der Waals surface area (Å²) in [5.41, 5.74) is 0. The van der Waals surface area contributed by atoms with E-state index >= 15 is 0 Å². The van der Waals surface area contributed by atoms with E-state index in [0.717, 1.165) is 89.9 Å². The summed E-state index contributed by atoms with van der Waals surface area (Å²) in [7, 11) is 0. The van der Waals surface area contributed by atoms with Crippen molar-refractivity contribution in [2.24, 2.45) is 0 Å². The molecule has 0 rings (SSSR count). The average Bonchev–Trinajstić information content (AvgIpc) is 3.30. The van der Waals surface area contributed by atoms with E-state index < -0.39 is 6.10 Å². The third-order valence-corrected chi connectivity index (χ3v) is 12.0. The Kier molecular flexibility index (Phi) is 51.3. The number of hydrogen-bond acceptors (Lipinski definition) is 6. The van der Waals surface area contributed by atoms with E-state index in [4.69, 9.17) is 14.2 Å². The standard InChI is InChI=1S/C59H104O6/c1-4-7-10-13-16-19-22-25-28-31-34-37-40-43-46-49-52-58(61)64-55-56(54-63-57(60)51-48-45-42-39-36-33-30-27-24-21-18-15-12-9-6-3)65-59(62)53-50-47-44-41-38-35-32-29-26-23-20-17-14-11-8-5-2/h9,12,18,21,27-28,30-31,36,39,56H,4-8,10-11,13-17,19-20,22-26,29,32-35,37-38,40-55H2,1-3H3/b12-9-,21-18-,30-27-,31-28-,39-36-/t56-/m1/s1. The molecule has 0 aliphatic rings. The third kappa shape index (κ3) is 51.9. The summed E-state index contributed by atoms with van der Waals surface area (Å²) in [4.78, 5) is 38.1. The van der Waals surface area contributed by atoms with Crippen LogP contribution in [0.15, 0.2) is 60.8 Å². The van der Waals surface area contributed by atoms with Gasteiger partial charge in [-0.15, -0.1) is 0 Å². The third-order valence-electron chi connectivity index (χ3n) is 12.0. The number of rotatable bonds is 50. The molecule has 0 aliphatic carbocycles. The summed E-state index contributed by atoms with van der Waals surface area (Å²) in [5.74, 6) is -0.929. The Balaban J connectivity index is 4.43. The van der Waals surface area contributed by atoms with E-state index in [1.54, 1.807) is 0 Å². The highest BCUT2D eigenvalue weighted by atomic mass is 16.6. The molecule has 0 spiro atoms. The highest BCUT2D eigenvalue weighted by molar-refractivity contribution is 5.71. The Morgan fingerprint density at radius 1 is 0.323 bits per heavy atom. The molecule has 0 radical (unpaired) electrons. The topological polar surface area (TPSA) is 78.9 Å². The quantitative estimate of drug-likeness (QED) is 0.0262. The molecule has 0 aliphatic heterocycles. The lowest BCUT2D eigenvalue weighted by Crippen LogP contribution is -2.30. The molecular weight excluding hydrogens is 805 g/mol.